The molecule has 18 heavy (non-hydrogen) atoms. The van der Waals surface area contributed by atoms with Crippen molar-refractivity contribution in [2.45, 2.75) is 64.0 Å². The van der Waals surface area contributed by atoms with Gasteiger partial charge in [0.25, 0.3) is 0 Å². The Hall–Kier alpha value is -0.120. The highest BCUT2D eigenvalue weighted by Gasteiger charge is 2.30. The largest absolute Gasteiger partial charge is 0.378 e. The van der Waals surface area contributed by atoms with Gasteiger partial charge in [-0.1, -0.05) is 13.3 Å². The molecule has 1 saturated carbocycles. The summed E-state index contributed by atoms with van der Waals surface area (Å²) in [6.07, 6.45) is 9.69. The van der Waals surface area contributed by atoms with E-state index in [1.165, 1.54) is 58.0 Å². The molecule has 2 N–H and O–H groups in total. The Morgan fingerprint density at radius 1 is 1.22 bits per heavy atom. The summed E-state index contributed by atoms with van der Waals surface area (Å²) in [4.78, 5) is 2.67. The smallest absolute Gasteiger partial charge is 0.0576 e. The van der Waals surface area contributed by atoms with Crippen LogP contribution in [0.4, 0.5) is 0 Å². The summed E-state index contributed by atoms with van der Waals surface area (Å²) in [7, 11) is 0. The molecule has 2 rings (SSSR count). The van der Waals surface area contributed by atoms with Gasteiger partial charge in [-0.15, -0.1) is 0 Å². The van der Waals surface area contributed by atoms with Crippen LogP contribution in [0.5, 0.6) is 0 Å². The van der Waals surface area contributed by atoms with Gasteiger partial charge in [0.15, 0.2) is 0 Å². The first kappa shape index (κ1) is 14.3. The molecule has 3 atom stereocenters. The molecule has 1 heterocycles. The summed E-state index contributed by atoms with van der Waals surface area (Å²) < 4.78 is 5.70. The second-order valence-corrected chi connectivity index (χ2v) is 5.90. The van der Waals surface area contributed by atoms with Gasteiger partial charge in [-0.3, -0.25) is 0 Å². The highest BCUT2D eigenvalue weighted by Crippen LogP contribution is 2.29. The van der Waals surface area contributed by atoms with Crippen LogP contribution in [0.3, 0.4) is 0 Å². The van der Waals surface area contributed by atoms with E-state index >= 15 is 0 Å². The summed E-state index contributed by atoms with van der Waals surface area (Å²) in [5.74, 6) is 0.743. The van der Waals surface area contributed by atoms with Crippen molar-refractivity contribution >= 4 is 0 Å². The van der Waals surface area contributed by atoms with Gasteiger partial charge < -0.3 is 15.4 Å². The van der Waals surface area contributed by atoms with Gasteiger partial charge in [0.2, 0.25) is 0 Å². The van der Waals surface area contributed by atoms with Gasteiger partial charge in [0.05, 0.1) is 6.10 Å². The Balaban J connectivity index is 1.70. The van der Waals surface area contributed by atoms with Crippen molar-refractivity contribution in [1.82, 2.24) is 4.90 Å². The van der Waals surface area contributed by atoms with Crippen molar-refractivity contribution < 1.29 is 4.74 Å². The third-order valence-electron chi connectivity index (χ3n) is 4.79. The van der Waals surface area contributed by atoms with E-state index in [9.17, 15) is 0 Å². The second kappa shape index (κ2) is 7.46. The van der Waals surface area contributed by atoms with E-state index in [1.807, 2.05) is 0 Å². The van der Waals surface area contributed by atoms with Crippen LogP contribution in [0.25, 0.3) is 0 Å². The van der Waals surface area contributed by atoms with Gasteiger partial charge in [0, 0.05) is 12.6 Å². The molecule has 3 nitrogen and oxygen atoms in total. The van der Waals surface area contributed by atoms with E-state index < -0.39 is 0 Å². The Kier molecular flexibility index (Phi) is 5.93. The van der Waals surface area contributed by atoms with Crippen LogP contribution in [0, 0.1) is 5.92 Å². The van der Waals surface area contributed by atoms with Gasteiger partial charge in [-0.2, -0.15) is 0 Å². The first-order valence-corrected chi connectivity index (χ1v) is 7.90. The molecule has 0 aromatic rings. The molecule has 0 aromatic heterocycles. The lowest BCUT2D eigenvalue weighted by molar-refractivity contribution is 0.0940. The van der Waals surface area contributed by atoms with Crippen molar-refractivity contribution in [2.24, 2.45) is 11.7 Å². The zero-order valence-electron chi connectivity index (χ0n) is 11.9. The quantitative estimate of drug-likeness (QED) is 0.758. The predicted molar refractivity (Wildman–Crippen MR) is 75.6 cm³/mol. The normalized spacial score (nSPS) is 32.5. The van der Waals surface area contributed by atoms with Crippen molar-refractivity contribution in [3.05, 3.63) is 0 Å². The fourth-order valence-corrected chi connectivity index (χ4v) is 3.73. The standard InChI is InChI=1S/C15H30N2O/c1-2-17(15-9-3-6-13(15)12-16)10-4-7-14-8-5-11-18-14/h13-15H,2-12,16H2,1H3. The number of hydrogen-bond donors (Lipinski definition) is 1. The van der Waals surface area contributed by atoms with E-state index in [1.54, 1.807) is 0 Å². The van der Waals surface area contributed by atoms with E-state index in [2.05, 4.69) is 11.8 Å². The summed E-state index contributed by atoms with van der Waals surface area (Å²) in [5.41, 5.74) is 5.90. The fourth-order valence-electron chi connectivity index (χ4n) is 3.73. The van der Waals surface area contributed by atoms with Crippen LogP contribution in [0.2, 0.25) is 0 Å². The fraction of sp³-hybridized carbons (Fsp3) is 1.00. The molecule has 1 aliphatic heterocycles. The van der Waals surface area contributed by atoms with Crippen LogP contribution >= 0.6 is 0 Å². The SMILES string of the molecule is CCN(CCCC1CCCO1)C1CCCC1CN. The van der Waals surface area contributed by atoms with Crippen molar-refractivity contribution in [1.29, 1.82) is 0 Å². The van der Waals surface area contributed by atoms with E-state index in [0.29, 0.717) is 6.10 Å². The summed E-state index contributed by atoms with van der Waals surface area (Å²) in [6, 6.07) is 0.754. The zero-order chi connectivity index (χ0) is 12.8. The van der Waals surface area contributed by atoms with Gasteiger partial charge in [-0.25, -0.2) is 0 Å². The minimum Gasteiger partial charge on any atom is -0.378 e. The highest BCUT2D eigenvalue weighted by atomic mass is 16.5. The van der Waals surface area contributed by atoms with Crippen LogP contribution in [0.1, 0.15) is 51.9 Å². The molecule has 2 aliphatic rings. The molecule has 3 unspecified atom stereocenters. The molecule has 0 amide bonds. The Bertz CT molecular complexity index is 229. The second-order valence-electron chi connectivity index (χ2n) is 5.90. The number of ether oxygens (including phenoxy) is 1. The van der Waals surface area contributed by atoms with Crippen LogP contribution in [-0.2, 0) is 4.74 Å². The molecule has 0 bridgehead atoms. The van der Waals surface area contributed by atoms with Crippen molar-refractivity contribution in [3.8, 4) is 0 Å². The highest BCUT2D eigenvalue weighted by molar-refractivity contribution is 4.85. The molecule has 106 valence electrons. The Morgan fingerprint density at radius 3 is 2.78 bits per heavy atom. The summed E-state index contributed by atoms with van der Waals surface area (Å²) in [5, 5.41) is 0. The lowest BCUT2D eigenvalue weighted by Gasteiger charge is -2.32. The number of hydrogen-bond acceptors (Lipinski definition) is 3. The molecule has 2 fully saturated rings. The monoisotopic (exact) mass is 254 g/mol. The topological polar surface area (TPSA) is 38.5 Å². The minimum absolute atomic E-state index is 0.553. The number of nitrogens with zero attached hydrogens (tertiary/aromatic N) is 1. The molecular weight excluding hydrogens is 224 g/mol. The van der Waals surface area contributed by atoms with Crippen LogP contribution in [-0.4, -0.2) is 43.3 Å². The molecular formula is C15H30N2O. The molecule has 1 aliphatic carbocycles. The third-order valence-corrected chi connectivity index (χ3v) is 4.79. The first-order valence-electron chi connectivity index (χ1n) is 7.90. The van der Waals surface area contributed by atoms with Gasteiger partial charge in [0.1, 0.15) is 0 Å². The van der Waals surface area contributed by atoms with E-state index in [-0.39, 0.29) is 0 Å². The zero-order valence-corrected chi connectivity index (χ0v) is 11.9. The van der Waals surface area contributed by atoms with Crippen molar-refractivity contribution in [2.75, 3.05) is 26.2 Å². The van der Waals surface area contributed by atoms with Crippen molar-refractivity contribution in [3.63, 3.8) is 0 Å². The lowest BCUT2D eigenvalue weighted by atomic mass is 10.0. The molecule has 0 aromatic carbocycles. The number of rotatable bonds is 7. The predicted octanol–water partition coefficient (Wildman–Crippen LogP) is 2.39. The Labute approximate surface area is 112 Å². The maximum atomic E-state index is 5.90. The van der Waals surface area contributed by atoms with Crippen LogP contribution in [0.15, 0.2) is 0 Å². The minimum atomic E-state index is 0.553. The van der Waals surface area contributed by atoms with E-state index in [0.717, 1.165) is 25.1 Å². The molecule has 1 saturated heterocycles. The Morgan fingerprint density at radius 2 is 2.11 bits per heavy atom. The average molecular weight is 254 g/mol. The summed E-state index contributed by atoms with van der Waals surface area (Å²) in [6.45, 7) is 6.55. The maximum Gasteiger partial charge on any atom is 0.0576 e. The van der Waals surface area contributed by atoms with Gasteiger partial charge >= 0.3 is 0 Å². The van der Waals surface area contributed by atoms with Crippen LogP contribution < -0.4 is 5.73 Å². The third kappa shape index (κ3) is 3.69. The van der Waals surface area contributed by atoms with E-state index in [4.69, 9.17) is 10.5 Å². The number of nitrogens with two attached hydrogens (primary N) is 1. The maximum absolute atomic E-state index is 5.90. The first-order chi connectivity index (χ1) is 8.85. The molecule has 3 heteroatoms. The summed E-state index contributed by atoms with van der Waals surface area (Å²) >= 11 is 0. The lowest BCUT2D eigenvalue weighted by Crippen LogP contribution is -2.41. The molecule has 0 spiro atoms. The van der Waals surface area contributed by atoms with Gasteiger partial charge in [-0.05, 0) is 64.1 Å². The molecule has 0 radical (unpaired) electrons. The average Bonchev–Trinajstić information content (AvgIpc) is 3.05.